The van der Waals surface area contributed by atoms with Crippen LogP contribution >= 0.6 is 24.9 Å². The summed E-state index contributed by atoms with van der Waals surface area (Å²) in [6.07, 6.45) is 0. The van der Waals surface area contributed by atoms with Crippen molar-refractivity contribution < 1.29 is 0 Å². The SMILES string of the molecule is [3H]P(=N)(P)P. The van der Waals surface area contributed by atoms with Crippen LogP contribution in [0, 0.1) is 5.16 Å². The van der Waals surface area contributed by atoms with Crippen molar-refractivity contribution in [2.45, 2.75) is 0 Å². The standard InChI is InChI=1S/H6NP3/c1-4(2)3/h1,4H,2-3H2/i4T. The Morgan fingerprint density at radius 1 is 2.00 bits per heavy atom. The van der Waals surface area contributed by atoms with Crippen LogP contribution in [0.25, 0.3) is 0 Å². The normalized spacial score (nSPS) is 15.0. The average Bonchev–Trinajstić information content (AvgIpc) is 0.722. The summed E-state index contributed by atoms with van der Waals surface area (Å²) >= 11 is 0. The molecule has 0 amide bonds. The van der Waals surface area contributed by atoms with Gasteiger partial charge in [0, 0.05) is 0 Å². The predicted octanol–water partition coefficient (Wildman–Crippen LogP) is 1.54. The molecule has 0 rings (SSSR count). The molecule has 0 saturated heterocycles. The Morgan fingerprint density at radius 2 is 2.00 bits per heavy atom. The molecule has 1 N–H and O–H groups in total. The van der Waals surface area contributed by atoms with Crippen LogP contribution in [-0.4, -0.2) is 1.28 Å². The van der Waals surface area contributed by atoms with Crippen LogP contribution in [0.15, 0.2) is 0 Å². The Labute approximate surface area is 32.3 Å². The first-order valence-corrected chi connectivity index (χ1v) is 5.32. The van der Waals surface area contributed by atoms with Crippen molar-refractivity contribution in [2.24, 2.45) is 0 Å². The molecule has 0 heterocycles. The fourth-order valence-corrected chi connectivity index (χ4v) is 0. The van der Waals surface area contributed by atoms with Gasteiger partial charge in [-0.05, 0) is 7.04 Å². The Balaban J connectivity index is 3.47. The highest BCUT2D eigenvalue weighted by Gasteiger charge is 1.51. The highest BCUT2D eigenvalue weighted by molar-refractivity contribution is 8.37. The lowest BCUT2D eigenvalue weighted by atomic mass is 14.0. The van der Waals surface area contributed by atoms with Crippen LogP contribution in [0.4, 0.5) is 0 Å². The largest absolute Gasteiger partial charge is 0.314 e. The second kappa shape index (κ2) is 2.33. The summed E-state index contributed by atoms with van der Waals surface area (Å²) in [5.41, 5.74) is 0. The molecule has 2 unspecified atom stereocenters. The Morgan fingerprint density at radius 3 is 2.00 bits per heavy atom. The van der Waals surface area contributed by atoms with E-state index >= 15 is 0 Å². The van der Waals surface area contributed by atoms with Crippen LogP contribution in [-0.2, 0) is 0 Å². The van der Waals surface area contributed by atoms with Crippen molar-refractivity contribution in [3.05, 3.63) is 0 Å². The molecule has 4 heavy (non-hydrogen) atoms. The first-order chi connectivity index (χ1) is 2.00. The van der Waals surface area contributed by atoms with Crippen molar-refractivity contribution in [3.8, 4) is 0 Å². The van der Waals surface area contributed by atoms with Gasteiger partial charge in [0.2, 0.25) is 0 Å². The van der Waals surface area contributed by atoms with Crippen molar-refractivity contribution in [1.29, 1.82) is 6.44 Å². The van der Waals surface area contributed by atoms with Crippen molar-refractivity contribution in [1.82, 2.24) is 0 Å². The highest BCUT2D eigenvalue weighted by Crippen LogP contribution is 2.39. The summed E-state index contributed by atoms with van der Waals surface area (Å²) in [7, 11) is 2.19. The Kier molecular flexibility index (Phi) is 1.92. The Bertz CT molecular complexity index is 53.0. The van der Waals surface area contributed by atoms with Crippen LogP contribution in [0.1, 0.15) is 0 Å². The zero-order chi connectivity index (χ0) is 4.50. The van der Waals surface area contributed by atoms with Crippen LogP contribution in [0.5, 0.6) is 0 Å². The summed E-state index contributed by atoms with van der Waals surface area (Å²) in [6, 6.07) is 0. The number of hydrogen-bond donors (Lipinski definition) is 1. The van der Waals surface area contributed by atoms with Gasteiger partial charge < -0.3 is 5.16 Å². The molecule has 0 spiro atoms. The van der Waals surface area contributed by atoms with Gasteiger partial charge in [-0.2, -0.15) is 0 Å². The molecule has 26 valence electrons. The van der Waals surface area contributed by atoms with E-state index in [9.17, 15) is 0 Å². The summed E-state index contributed by atoms with van der Waals surface area (Å²) in [5, 5.41) is 6.64. The average molecular weight is 115 g/mol. The van der Waals surface area contributed by atoms with Crippen LogP contribution < -0.4 is 0 Å². The molecule has 2 atom stereocenters. The van der Waals surface area contributed by atoms with Gasteiger partial charge in [0.25, 0.3) is 0 Å². The maximum atomic E-state index is 6.64. The van der Waals surface area contributed by atoms with Gasteiger partial charge in [-0.25, -0.2) is 0 Å². The van der Waals surface area contributed by atoms with Gasteiger partial charge >= 0.3 is 0 Å². The molecule has 0 radical (unpaired) electrons. The van der Waals surface area contributed by atoms with Gasteiger partial charge in [0.1, 0.15) is 0 Å². The third-order valence-corrected chi connectivity index (χ3v) is 0. The van der Waals surface area contributed by atoms with Gasteiger partial charge in [-0.1, -0.05) is 17.9 Å². The van der Waals surface area contributed by atoms with Crippen molar-refractivity contribution in [3.63, 3.8) is 0 Å². The number of nitrogens with one attached hydrogen (secondary N) is 1. The van der Waals surface area contributed by atoms with E-state index in [2.05, 4.69) is 17.9 Å². The smallest absolute Gasteiger partial charge is 0.0848 e. The molecule has 0 aliphatic rings. The lowest BCUT2D eigenvalue weighted by Gasteiger charge is -1.66. The zero-order valence-electron chi connectivity index (χ0n) is 3.10. The summed E-state index contributed by atoms with van der Waals surface area (Å²) in [6.45, 7) is 0. The third kappa shape index (κ3) is 11.4. The van der Waals surface area contributed by atoms with E-state index in [-0.39, 0.29) is 0 Å². The first kappa shape index (κ1) is 3.29. The fraction of sp³-hybridized carbons (Fsp3) is 0. The molecule has 4 heteroatoms. The summed E-state index contributed by atoms with van der Waals surface area (Å²) < 4.78 is 6.64. The molecule has 0 aromatic heterocycles. The second-order valence-electron chi connectivity index (χ2n) is 0.407. The molecule has 0 saturated carbocycles. The molecule has 0 aromatic carbocycles. The lowest BCUT2D eigenvalue weighted by Crippen LogP contribution is -0.846. The van der Waals surface area contributed by atoms with E-state index in [1.807, 2.05) is 0 Å². The molecule has 0 aromatic rings. The maximum Gasteiger partial charge on any atom is 0.0848 e. The monoisotopic (exact) mass is 115 g/mol. The summed E-state index contributed by atoms with van der Waals surface area (Å²) in [5.74, 6) is 0. The van der Waals surface area contributed by atoms with E-state index in [1.165, 1.54) is 0 Å². The van der Waals surface area contributed by atoms with Gasteiger partial charge in [-0.15, -0.1) is 0 Å². The summed E-state index contributed by atoms with van der Waals surface area (Å²) in [4.78, 5) is 0. The molecule has 0 fully saturated rings. The highest BCUT2D eigenvalue weighted by atomic mass is 32.4. The van der Waals surface area contributed by atoms with E-state index in [0.29, 0.717) is 0 Å². The van der Waals surface area contributed by atoms with E-state index in [1.54, 1.807) is 0 Å². The predicted molar refractivity (Wildman–Crippen MR) is 30.5 cm³/mol. The molecule has 0 bridgehead atoms. The molecule has 1 nitrogen and oxygen atoms in total. The van der Waals surface area contributed by atoms with Gasteiger partial charge in [0.05, 0.1) is 1.28 Å². The second-order valence-corrected chi connectivity index (χ2v) is 6.35. The Hall–Kier alpha value is 1.09. The molecular formula is H6NP3. The van der Waals surface area contributed by atoms with Gasteiger partial charge in [-0.3, -0.25) is 0 Å². The van der Waals surface area contributed by atoms with Crippen LogP contribution in [0.2, 0.25) is 0 Å². The first-order valence-electron chi connectivity index (χ1n) is 1.19. The topological polar surface area (TPSA) is 23.9 Å². The van der Waals surface area contributed by atoms with E-state index < -0.39 is 7.04 Å². The molecular weight excluding hydrogens is 107 g/mol. The minimum atomic E-state index is -2.06. The van der Waals surface area contributed by atoms with E-state index in [4.69, 9.17) is 6.44 Å². The van der Waals surface area contributed by atoms with Crippen molar-refractivity contribution >= 4 is 24.9 Å². The quantitative estimate of drug-likeness (QED) is 0.463. The third-order valence-electron chi connectivity index (χ3n) is 0. The molecule has 0 aliphatic heterocycles. The minimum absolute atomic E-state index is 2.06. The van der Waals surface area contributed by atoms with Crippen LogP contribution in [0.3, 0.4) is 0 Å². The fourth-order valence-electron chi connectivity index (χ4n) is 0. The van der Waals surface area contributed by atoms with Crippen molar-refractivity contribution in [2.75, 3.05) is 0 Å². The maximum absolute atomic E-state index is 6.64. The zero-order valence-corrected chi connectivity index (χ0v) is 5.31. The van der Waals surface area contributed by atoms with Gasteiger partial charge in [0.15, 0.2) is 0 Å². The number of rotatable bonds is 0. The lowest BCUT2D eigenvalue weighted by molar-refractivity contribution is 1.65. The number of hydrogen-bond acceptors (Lipinski definition) is 1. The van der Waals surface area contributed by atoms with E-state index in [0.717, 1.165) is 0 Å². The molecule has 0 aliphatic carbocycles. The minimum Gasteiger partial charge on any atom is -0.314 e.